The minimum absolute atomic E-state index is 0.143. The Labute approximate surface area is 193 Å². The molecule has 0 aliphatic carbocycles. The predicted octanol–water partition coefficient (Wildman–Crippen LogP) is 2.92. The third-order valence-electron chi connectivity index (χ3n) is 5.43. The van der Waals surface area contributed by atoms with Crippen molar-refractivity contribution in [3.05, 3.63) is 47.7 Å². The van der Waals surface area contributed by atoms with Crippen LogP contribution in [0.25, 0.3) is 10.4 Å². The van der Waals surface area contributed by atoms with Crippen molar-refractivity contribution < 1.29 is 33.4 Å². The topological polar surface area (TPSA) is 132 Å². The molecule has 0 spiro atoms. The number of thiazole rings is 1. The quantitative estimate of drug-likeness (QED) is 0.479. The van der Waals surface area contributed by atoms with Gasteiger partial charge in [0.05, 0.1) is 17.0 Å². The summed E-state index contributed by atoms with van der Waals surface area (Å²) in [5.41, 5.74) is 7.15. The van der Waals surface area contributed by atoms with Crippen molar-refractivity contribution >= 4 is 29.4 Å². The molecule has 0 radical (unpaired) electrons. The zero-order chi connectivity index (χ0) is 23.8. The second kappa shape index (κ2) is 11.5. The van der Waals surface area contributed by atoms with Gasteiger partial charge in [-0.2, -0.15) is 0 Å². The third kappa shape index (κ3) is 7.36. The number of aromatic nitrogens is 1. The Morgan fingerprint density at radius 3 is 2.48 bits per heavy atom. The van der Waals surface area contributed by atoms with Crippen molar-refractivity contribution in [2.24, 2.45) is 17.6 Å². The number of ether oxygens (including phenoxy) is 2. The monoisotopic (exact) mass is 477 g/mol. The summed E-state index contributed by atoms with van der Waals surface area (Å²) in [5.74, 6) is -0.806. The summed E-state index contributed by atoms with van der Waals surface area (Å²) in [4.78, 5) is 38.9. The maximum atomic E-state index is 12.7. The van der Waals surface area contributed by atoms with E-state index in [1.807, 2.05) is 0 Å². The van der Waals surface area contributed by atoms with Crippen LogP contribution >= 0.6 is 11.3 Å². The summed E-state index contributed by atoms with van der Waals surface area (Å²) in [6.07, 6.45) is 3.22. The second-order valence-corrected chi connectivity index (χ2v) is 8.47. The van der Waals surface area contributed by atoms with Crippen LogP contribution in [-0.2, 0) is 14.3 Å². The molecule has 11 heteroatoms. The lowest BCUT2D eigenvalue weighted by atomic mass is 9.79. The molecule has 3 aliphatic rings. The Morgan fingerprint density at radius 1 is 1.21 bits per heavy atom. The van der Waals surface area contributed by atoms with Crippen LogP contribution in [-0.4, -0.2) is 59.3 Å². The first kappa shape index (κ1) is 24.3. The highest BCUT2D eigenvalue weighted by atomic mass is 32.1. The van der Waals surface area contributed by atoms with Gasteiger partial charge in [0.25, 0.3) is 0 Å². The first-order chi connectivity index (χ1) is 15.8. The van der Waals surface area contributed by atoms with Crippen LogP contribution in [0, 0.1) is 17.7 Å². The number of amides is 1. The molecular weight excluding hydrogens is 453 g/mol. The molecule has 9 nitrogen and oxygen atoms in total. The molecule has 3 N–H and O–H groups in total. The number of nitrogens with two attached hydrogens (primary N) is 1. The molecule has 1 amide bonds. The number of piperidine rings is 3. The minimum Gasteiger partial charge on any atom is -0.478 e. The molecule has 176 valence electrons. The van der Waals surface area contributed by atoms with E-state index in [9.17, 15) is 18.8 Å². The van der Waals surface area contributed by atoms with Crippen LogP contribution in [0.15, 0.2) is 41.9 Å². The Kier molecular flexibility index (Phi) is 8.50. The number of nitrogens with zero attached hydrogens (tertiary/aromatic N) is 2. The number of carbonyl (C=O) groups is 3. The third-order valence-corrected chi connectivity index (χ3v) is 6.29. The van der Waals surface area contributed by atoms with Crippen LogP contribution in [0.2, 0.25) is 0 Å². The smallest absolute Gasteiger partial charge is 0.411 e. The average Bonchev–Trinajstić information content (AvgIpc) is 3.25. The van der Waals surface area contributed by atoms with Gasteiger partial charge >= 0.3 is 18.0 Å². The zero-order valence-electron chi connectivity index (χ0n) is 17.7. The summed E-state index contributed by atoms with van der Waals surface area (Å²) in [7, 11) is 0. The fraction of sp³-hybridized carbons (Fsp3) is 0.364. The molecule has 3 fully saturated rings. The van der Waals surface area contributed by atoms with Crippen LogP contribution < -0.4 is 10.5 Å². The number of hydrogen-bond donors (Lipinski definition) is 2. The number of fused-ring (bicyclic) bond motifs is 3. The van der Waals surface area contributed by atoms with E-state index in [4.69, 9.17) is 20.3 Å². The molecule has 33 heavy (non-hydrogen) atoms. The number of rotatable bonds is 6. The van der Waals surface area contributed by atoms with Crippen molar-refractivity contribution in [3.63, 3.8) is 0 Å². The Hall–Kier alpha value is -3.31. The van der Waals surface area contributed by atoms with Crippen LogP contribution in [0.1, 0.15) is 12.8 Å². The number of hydrogen-bond acceptors (Lipinski definition) is 8. The second-order valence-electron chi connectivity index (χ2n) is 7.61. The summed E-state index contributed by atoms with van der Waals surface area (Å²) in [5, 5.41) is 8.36. The van der Waals surface area contributed by atoms with Crippen LogP contribution in [0.4, 0.5) is 9.18 Å². The molecule has 3 saturated heterocycles. The highest BCUT2D eigenvalue weighted by Gasteiger charge is 2.34. The first-order valence-corrected chi connectivity index (χ1v) is 11.2. The maximum Gasteiger partial charge on any atom is 0.411 e. The number of carboxylic acid groups (broad SMARTS) is 1. The Bertz CT molecular complexity index is 1000. The predicted molar refractivity (Wildman–Crippen MR) is 118 cm³/mol. The molecular formula is C22H24FN3O6S. The Balaban J connectivity index is 0.000000186. The average molecular weight is 478 g/mol. The standard InChI is InChI=1S/C12H17NO4.C10H7FN2O2S/c14-11(15)1-2-12(16)17-8-10-7-13-5-3-9(10)4-6-13;11-7-3-1-6(2-4-7)8-9(13-5-16-8)15-10(12)14/h1-2,9-10H,3-8H2,(H,14,15);1-5H,(H2,12,14)/b2-1+;. The molecule has 1 aromatic heterocycles. The largest absolute Gasteiger partial charge is 0.478 e. The van der Waals surface area contributed by atoms with E-state index in [1.165, 1.54) is 41.8 Å². The van der Waals surface area contributed by atoms with Gasteiger partial charge in [-0.05, 0) is 49.5 Å². The lowest BCUT2D eigenvalue weighted by Gasteiger charge is -2.44. The van der Waals surface area contributed by atoms with Crippen molar-refractivity contribution in [3.8, 4) is 16.3 Å². The molecule has 3 aliphatic heterocycles. The SMILES string of the molecule is NC(=O)Oc1ncsc1-c1ccc(F)cc1.O=C(O)/C=C/C(=O)OCC1CN2CCC1CC2. The van der Waals surface area contributed by atoms with Gasteiger partial charge in [-0.15, -0.1) is 11.3 Å². The molecule has 5 rings (SSSR count). The van der Waals surface area contributed by atoms with E-state index in [1.54, 1.807) is 12.1 Å². The number of carboxylic acids is 1. The van der Waals surface area contributed by atoms with Gasteiger partial charge in [0.2, 0.25) is 5.88 Å². The highest BCUT2D eigenvalue weighted by molar-refractivity contribution is 7.13. The Morgan fingerprint density at radius 2 is 1.91 bits per heavy atom. The van der Waals surface area contributed by atoms with Gasteiger partial charge in [0.15, 0.2) is 0 Å². The number of aliphatic carboxylic acids is 1. The van der Waals surface area contributed by atoms with Crippen molar-refractivity contribution in [2.45, 2.75) is 12.8 Å². The summed E-state index contributed by atoms with van der Waals surface area (Å²) >= 11 is 1.28. The molecule has 4 heterocycles. The van der Waals surface area contributed by atoms with E-state index in [-0.39, 0.29) is 11.7 Å². The van der Waals surface area contributed by atoms with Gasteiger partial charge in [0.1, 0.15) is 5.82 Å². The fourth-order valence-corrected chi connectivity index (χ4v) is 4.57. The van der Waals surface area contributed by atoms with Gasteiger partial charge < -0.3 is 25.2 Å². The minimum atomic E-state index is -1.13. The maximum absolute atomic E-state index is 12.7. The highest BCUT2D eigenvalue weighted by Crippen LogP contribution is 2.33. The van der Waals surface area contributed by atoms with Gasteiger partial charge in [0, 0.05) is 24.6 Å². The molecule has 2 aromatic rings. The number of halogens is 1. The van der Waals surface area contributed by atoms with E-state index in [0.717, 1.165) is 37.3 Å². The lowest BCUT2D eigenvalue weighted by molar-refractivity contribution is -0.142. The fourth-order valence-electron chi connectivity index (χ4n) is 3.85. The zero-order valence-corrected chi connectivity index (χ0v) is 18.5. The normalized spacial score (nSPS) is 21.2. The van der Waals surface area contributed by atoms with Crippen molar-refractivity contribution in [1.82, 2.24) is 9.88 Å². The van der Waals surface area contributed by atoms with E-state index in [2.05, 4.69) is 9.88 Å². The van der Waals surface area contributed by atoms with Gasteiger partial charge in [-0.3, -0.25) is 0 Å². The molecule has 1 atom stereocenters. The van der Waals surface area contributed by atoms with Gasteiger partial charge in [-0.25, -0.2) is 23.8 Å². The van der Waals surface area contributed by atoms with Crippen LogP contribution in [0.3, 0.4) is 0 Å². The van der Waals surface area contributed by atoms with Gasteiger partial charge in [-0.1, -0.05) is 12.1 Å². The van der Waals surface area contributed by atoms with Crippen LogP contribution in [0.5, 0.6) is 5.88 Å². The first-order valence-electron chi connectivity index (χ1n) is 10.3. The van der Waals surface area contributed by atoms with Crippen molar-refractivity contribution in [2.75, 3.05) is 26.2 Å². The van der Waals surface area contributed by atoms with E-state index >= 15 is 0 Å². The summed E-state index contributed by atoms with van der Waals surface area (Å²) in [6.45, 7) is 3.73. The lowest BCUT2D eigenvalue weighted by Crippen LogP contribution is -2.48. The number of carbonyl (C=O) groups excluding carboxylic acids is 2. The summed E-state index contributed by atoms with van der Waals surface area (Å²) < 4.78 is 22.5. The van der Waals surface area contributed by atoms with Crippen molar-refractivity contribution in [1.29, 1.82) is 0 Å². The van der Waals surface area contributed by atoms with E-state index in [0.29, 0.717) is 23.3 Å². The summed E-state index contributed by atoms with van der Waals surface area (Å²) in [6, 6.07) is 5.81. The molecule has 0 saturated carbocycles. The molecule has 1 aromatic carbocycles. The molecule has 1 unspecified atom stereocenters. The van der Waals surface area contributed by atoms with E-state index < -0.39 is 18.0 Å². The number of benzene rings is 1. The molecule has 2 bridgehead atoms. The number of esters is 1. The number of primary amides is 1.